The van der Waals surface area contributed by atoms with E-state index in [0.29, 0.717) is 33.7 Å². The summed E-state index contributed by atoms with van der Waals surface area (Å²) in [6, 6.07) is 61.8. The third kappa shape index (κ3) is 8.01. The number of phenolic OH excluding ortho intramolecular Hbond substituents is 1. The van der Waals surface area contributed by atoms with Crippen LogP contribution in [0, 0.1) is 13.7 Å². The Balaban J connectivity index is 1.24. The van der Waals surface area contributed by atoms with Crippen molar-refractivity contribution >= 4 is 11.0 Å². The third-order valence-corrected chi connectivity index (χ3v) is 12.6. The molecule has 66 heavy (non-hydrogen) atoms. The zero-order chi connectivity index (χ0) is 50.5. The average molecular weight is 862 g/mol. The van der Waals surface area contributed by atoms with Crippen LogP contribution in [-0.4, -0.2) is 19.6 Å². The van der Waals surface area contributed by atoms with Crippen LogP contribution in [-0.2, 0) is 0 Å². The van der Waals surface area contributed by atoms with Gasteiger partial charge in [-0.15, -0.1) is 0 Å². The van der Waals surface area contributed by atoms with Crippen LogP contribution in [0.1, 0.15) is 70.0 Å². The van der Waals surface area contributed by atoms with Gasteiger partial charge in [-0.3, -0.25) is 9.55 Å². The molecule has 0 unspecified atom stereocenters. The number of aromatic hydroxyl groups is 1. The van der Waals surface area contributed by atoms with Crippen LogP contribution in [0.4, 0.5) is 0 Å². The smallest absolute Gasteiger partial charge is 0.149 e. The lowest BCUT2D eigenvalue weighted by Gasteiger charge is -2.19. The Morgan fingerprint density at radius 3 is 1.76 bits per heavy atom. The maximum Gasteiger partial charge on any atom is 0.149 e. The molecule has 0 fully saturated rings. The molecular formula is C62H53N3O. The van der Waals surface area contributed by atoms with Gasteiger partial charge < -0.3 is 5.11 Å². The molecule has 0 amide bonds. The summed E-state index contributed by atoms with van der Waals surface area (Å²) in [6.07, 6.45) is 1.84. The van der Waals surface area contributed by atoms with Crippen LogP contribution in [0.15, 0.2) is 194 Å². The summed E-state index contributed by atoms with van der Waals surface area (Å²) in [5.41, 5.74) is 13.9. The van der Waals surface area contributed by atoms with Crippen molar-refractivity contribution in [2.45, 2.75) is 53.2 Å². The Bertz CT molecular complexity index is 3600. The quantitative estimate of drug-likeness (QED) is 0.149. The monoisotopic (exact) mass is 861 g/mol. The number of benzene rings is 8. The SMILES string of the molecule is [2H]C([2H])([2H])c1cc(-n2c(-c3cc(C(C)C)cc(C(C)C)c3O)nc3c(-c4cc(-c5ccccc5)cc(-c5cc(-c6ccc(-c7ccccc7)cc6)ccn5)c4)cccc32)cc(-c2ccccc2)c1C([2H])([2H])[2H]. The number of aryl methyl sites for hydroxylation is 1. The predicted octanol–water partition coefficient (Wildman–Crippen LogP) is 16.7. The van der Waals surface area contributed by atoms with Crippen LogP contribution < -0.4 is 0 Å². The van der Waals surface area contributed by atoms with Gasteiger partial charge in [0, 0.05) is 31.2 Å². The van der Waals surface area contributed by atoms with Crippen LogP contribution in [0.2, 0.25) is 0 Å². The minimum absolute atomic E-state index is 0.0406. The number of phenols is 1. The molecule has 2 heterocycles. The molecule has 322 valence electrons. The second kappa shape index (κ2) is 17.6. The molecule has 0 aliphatic rings. The molecule has 0 radical (unpaired) electrons. The van der Waals surface area contributed by atoms with E-state index in [-0.39, 0.29) is 34.3 Å². The number of hydrogen-bond acceptors (Lipinski definition) is 3. The molecule has 0 saturated heterocycles. The lowest BCUT2D eigenvalue weighted by molar-refractivity contribution is 0.466. The van der Waals surface area contributed by atoms with Gasteiger partial charge in [0.25, 0.3) is 0 Å². The summed E-state index contributed by atoms with van der Waals surface area (Å²) in [7, 11) is 0. The molecule has 0 spiro atoms. The van der Waals surface area contributed by atoms with Crippen molar-refractivity contribution in [2.75, 3.05) is 0 Å². The van der Waals surface area contributed by atoms with Gasteiger partial charge in [-0.05, 0) is 152 Å². The first-order chi connectivity index (χ1) is 34.5. The van der Waals surface area contributed by atoms with E-state index in [2.05, 4.69) is 86.6 Å². The Morgan fingerprint density at radius 1 is 0.485 bits per heavy atom. The summed E-state index contributed by atoms with van der Waals surface area (Å²) in [6.45, 7) is 2.71. The second-order valence-electron chi connectivity index (χ2n) is 17.6. The van der Waals surface area contributed by atoms with Gasteiger partial charge in [-0.1, -0.05) is 161 Å². The van der Waals surface area contributed by atoms with Crippen molar-refractivity contribution in [3.63, 3.8) is 0 Å². The molecule has 0 atom stereocenters. The molecule has 4 nitrogen and oxygen atoms in total. The number of aromatic nitrogens is 3. The van der Waals surface area contributed by atoms with Crippen LogP contribution in [0.25, 0.3) is 95.0 Å². The topological polar surface area (TPSA) is 50.9 Å². The minimum Gasteiger partial charge on any atom is -0.507 e. The molecule has 0 bridgehead atoms. The van der Waals surface area contributed by atoms with Gasteiger partial charge in [0.2, 0.25) is 0 Å². The van der Waals surface area contributed by atoms with Gasteiger partial charge in [-0.2, -0.15) is 0 Å². The largest absolute Gasteiger partial charge is 0.507 e. The van der Waals surface area contributed by atoms with Crippen LogP contribution in [0.5, 0.6) is 5.75 Å². The summed E-state index contributed by atoms with van der Waals surface area (Å²) in [5.74, 6) is 0.505. The minimum atomic E-state index is -2.80. The van der Waals surface area contributed by atoms with E-state index < -0.39 is 13.7 Å². The normalized spacial score (nSPS) is 13.2. The van der Waals surface area contributed by atoms with Gasteiger partial charge in [0.15, 0.2) is 0 Å². The van der Waals surface area contributed by atoms with Crippen molar-refractivity contribution < 1.29 is 13.3 Å². The van der Waals surface area contributed by atoms with E-state index in [9.17, 15) is 5.11 Å². The molecule has 10 aromatic rings. The Kier molecular flexibility index (Phi) is 9.49. The number of rotatable bonds is 10. The molecule has 1 N–H and O–H groups in total. The maximum absolute atomic E-state index is 12.3. The Hall–Kier alpha value is -7.82. The number of nitrogens with zero attached hydrogens (tertiary/aromatic N) is 3. The van der Waals surface area contributed by atoms with E-state index in [1.807, 2.05) is 103 Å². The third-order valence-electron chi connectivity index (χ3n) is 12.6. The number of hydrogen-bond donors (Lipinski definition) is 1. The van der Waals surface area contributed by atoms with Gasteiger partial charge in [0.1, 0.15) is 11.6 Å². The van der Waals surface area contributed by atoms with Crippen molar-refractivity contribution in [1.82, 2.24) is 14.5 Å². The first-order valence-electron chi connectivity index (χ1n) is 25.5. The fraction of sp³-hybridized carbons (Fsp3) is 0.129. The molecular weight excluding hydrogens is 803 g/mol. The molecule has 0 aliphatic carbocycles. The second-order valence-corrected chi connectivity index (χ2v) is 17.6. The highest BCUT2D eigenvalue weighted by Crippen LogP contribution is 2.44. The van der Waals surface area contributed by atoms with Crippen molar-refractivity contribution in [3.05, 3.63) is 217 Å². The first-order valence-corrected chi connectivity index (χ1v) is 22.5. The predicted molar refractivity (Wildman–Crippen MR) is 276 cm³/mol. The Labute approximate surface area is 397 Å². The molecule has 8 aromatic carbocycles. The standard InChI is InChI=1S/C62H53N3O/c1-39(2)49-35-55(40(3)4)61(66)57(36-49)62-64-60-54(23-16-24-59(60)65(62)53-31-41(5)42(6)56(38-53)47-21-14-9-15-22-47)51-32-50(44-19-12-8-13-20-44)33-52(34-51)58-37-48(29-30-63-58)46-27-25-45(26-28-46)43-17-10-7-11-18-43/h7-40,66H,1-6H3/i5D3,6D3. The summed E-state index contributed by atoms with van der Waals surface area (Å²) in [5, 5.41) is 12.3. The van der Waals surface area contributed by atoms with E-state index in [0.717, 1.165) is 66.9 Å². The van der Waals surface area contributed by atoms with Gasteiger partial charge >= 0.3 is 0 Å². The van der Waals surface area contributed by atoms with Crippen molar-refractivity contribution in [3.8, 4) is 89.7 Å². The fourth-order valence-corrected chi connectivity index (χ4v) is 8.98. The van der Waals surface area contributed by atoms with Gasteiger partial charge in [0.05, 0.1) is 22.3 Å². The van der Waals surface area contributed by atoms with E-state index >= 15 is 0 Å². The number of fused-ring (bicyclic) bond motifs is 1. The van der Waals surface area contributed by atoms with Crippen molar-refractivity contribution in [2.24, 2.45) is 0 Å². The van der Waals surface area contributed by atoms with E-state index in [4.69, 9.17) is 18.2 Å². The molecule has 0 saturated carbocycles. The first kappa shape index (κ1) is 35.5. The zero-order valence-corrected chi connectivity index (χ0v) is 37.4. The number of para-hydroxylation sites is 1. The molecule has 4 heteroatoms. The lowest BCUT2D eigenvalue weighted by atomic mass is 9.91. The summed E-state index contributed by atoms with van der Waals surface area (Å²) >= 11 is 0. The average Bonchev–Trinajstić information content (AvgIpc) is 3.78. The van der Waals surface area contributed by atoms with E-state index in [1.54, 1.807) is 30.3 Å². The van der Waals surface area contributed by atoms with E-state index in [1.165, 1.54) is 6.07 Å². The van der Waals surface area contributed by atoms with Crippen LogP contribution >= 0.6 is 0 Å². The maximum atomic E-state index is 12.3. The van der Waals surface area contributed by atoms with Crippen molar-refractivity contribution in [1.29, 1.82) is 0 Å². The van der Waals surface area contributed by atoms with Gasteiger partial charge in [-0.25, -0.2) is 4.98 Å². The highest BCUT2D eigenvalue weighted by molar-refractivity contribution is 5.98. The molecule has 2 aromatic heterocycles. The highest BCUT2D eigenvalue weighted by atomic mass is 16.3. The van der Waals surface area contributed by atoms with Crippen LogP contribution in [0.3, 0.4) is 0 Å². The summed E-state index contributed by atoms with van der Waals surface area (Å²) < 4.78 is 54.3. The number of imidazole rings is 1. The summed E-state index contributed by atoms with van der Waals surface area (Å²) in [4.78, 5) is 10.4. The number of pyridine rings is 1. The molecule has 0 aliphatic heterocycles. The highest BCUT2D eigenvalue weighted by Gasteiger charge is 2.25. The zero-order valence-electron chi connectivity index (χ0n) is 43.4. The molecule has 10 rings (SSSR count). The lowest BCUT2D eigenvalue weighted by Crippen LogP contribution is -2.03. The fourth-order valence-electron chi connectivity index (χ4n) is 8.98. The Morgan fingerprint density at radius 2 is 1.11 bits per heavy atom.